The zero-order valence-corrected chi connectivity index (χ0v) is 12.8. The van der Waals surface area contributed by atoms with Gasteiger partial charge in [-0.3, -0.25) is 9.59 Å². The van der Waals surface area contributed by atoms with E-state index in [4.69, 9.17) is 5.11 Å². The van der Waals surface area contributed by atoms with E-state index in [2.05, 4.69) is 21.2 Å². The van der Waals surface area contributed by atoms with Crippen LogP contribution in [0.2, 0.25) is 0 Å². The highest BCUT2D eigenvalue weighted by Crippen LogP contribution is 2.17. The van der Waals surface area contributed by atoms with E-state index in [1.54, 1.807) is 0 Å². The average Bonchev–Trinajstić information content (AvgIpc) is 2.46. The molecule has 0 saturated carbocycles. The number of carbonyl (C=O) groups excluding carboxylic acids is 2. The number of nitrogens with one attached hydrogen (secondary N) is 2. The molecule has 0 radical (unpaired) electrons. The first-order valence-electron chi connectivity index (χ1n) is 6.16. The minimum absolute atomic E-state index is 0.0626. The molecule has 6 nitrogen and oxygen atoms in total. The fraction of sp³-hybridized carbons (Fsp3) is 0.308. The maximum atomic E-state index is 13.1. The lowest BCUT2D eigenvalue weighted by Gasteiger charge is -2.11. The van der Waals surface area contributed by atoms with Gasteiger partial charge in [0, 0.05) is 17.4 Å². The minimum Gasteiger partial charge on any atom is -0.480 e. The molecule has 1 aromatic rings. The molecule has 1 rings (SSSR count). The summed E-state index contributed by atoms with van der Waals surface area (Å²) in [5, 5.41) is 12.9. The van der Waals surface area contributed by atoms with E-state index in [0.717, 1.165) is 6.07 Å². The van der Waals surface area contributed by atoms with Gasteiger partial charge in [0.05, 0.1) is 5.56 Å². The molecule has 0 fully saturated rings. The first kappa shape index (κ1) is 18.0. The van der Waals surface area contributed by atoms with Gasteiger partial charge in [0.15, 0.2) is 6.04 Å². The molecule has 0 bridgehead atoms. The largest absolute Gasteiger partial charge is 0.480 e. The standard InChI is InChI=1S/C13H13BrF2N2O4/c14-9-2-1-7(16)5-8(9)12(20)17-4-3-11(19)18-10(6-15)13(21)22/h1-2,5,10H,3-4,6H2,(H,17,20)(H,18,19)(H,21,22). The van der Waals surface area contributed by atoms with Crippen molar-refractivity contribution in [2.24, 2.45) is 0 Å². The Hall–Kier alpha value is -2.03. The topological polar surface area (TPSA) is 95.5 Å². The molecule has 1 unspecified atom stereocenters. The SMILES string of the molecule is O=C(CCNC(=O)c1cc(F)ccc1Br)NC(CF)C(=O)O. The summed E-state index contributed by atoms with van der Waals surface area (Å²) in [6.45, 7) is -1.34. The molecule has 0 aromatic heterocycles. The van der Waals surface area contributed by atoms with E-state index in [-0.39, 0.29) is 18.5 Å². The van der Waals surface area contributed by atoms with Gasteiger partial charge in [-0.05, 0) is 34.1 Å². The number of carbonyl (C=O) groups is 3. The Labute approximate surface area is 133 Å². The molecule has 0 heterocycles. The van der Waals surface area contributed by atoms with Crippen molar-refractivity contribution < 1.29 is 28.3 Å². The third kappa shape index (κ3) is 5.40. The van der Waals surface area contributed by atoms with Gasteiger partial charge in [-0.1, -0.05) is 0 Å². The maximum absolute atomic E-state index is 13.1. The molecule has 9 heteroatoms. The number of benzene rings is 1. The Bertz CT molecular complexity index is 583. The first-order chi connectivity index (χ1) is 10.3. The van der Waals surface area contributed by atoms with Crippen LogP contribution < -0.4 is 10.6 Å². The fourth-order valence-electron chi connectivity index (χ4n) is 1.49. The number of carboxylic acids is 1. The molecule has 0 spiro atoms. The van der Waals surface area contributed by atoms with Crippen molar-refractivity contribution in [2.75, 3.05) is 13.2 Å². The normalized spacial score (nSPS) is 11.6. The molecule has 3 N–H and O–H groups in total. The molecular weight excluding hydrogens is 366 g/mol. The third-order valence-corrected chi connectivity index (χ3v) is 3.29. The van der Waals surface area contributed by atoms with Crippen LogP contribution in [0, 0.1) is 5.82 Å². The summed E-state index contributed by atoms with van der Waals surface area (Å²) in [6.07, 6.45) is -0.234. The van der Waals surface area contributed by atoms with Crippen LogP contribution >= 0.6 is 15.9 Å². The summed E-state index contributed by atoms with van der Waals surface area (Å²) in [5.41, 5.74) is 0.0626. The van der Waals surface area contributed by atoms with Crippen LogP contribution in [0.5, 0.6) is 0 Å². The van der Waals surface area contributed by atoms with Crippen molar-refractivity contribution in [3.05, 3.63) is 34.1 Å². The van der Waals surface area contributed by atoms with Crippen molar-refractivity contribution >= 4 is 33.7 Å². The Kier molecular flexibility index (Phi) is 6.90. The number of alkyl halides is 1. The molecule has 0 aliphatic heterocycles. The van der Waals surface area contributed by atoms with Crippen LogP contribution in [-0.4, -0.2) is 42.2 Å². The average molecular weight is 379 g/mol. The zero-order valence-electron chi connectivity index (χ0n) is 11.2. The van der Waals surface area contributed by atoms with Crippen molar-refractivity contribution in [1.82, 2.24) is 10.6 Å². The Balaban J connectivity index is 2.47. The quantitative estimate of drug-likeness (QED) is 0.665. The molecule has 1 atom stereocenters. The molecule has 0 saturated heterocycles. The summed E-state index contributed by atoms with van der Waals surface area (Å²) in [6, 6.07) is 1.97. The molecule has 22 heavy (non-hydrogen) atoms. The Morgan fingerprint density at radius 3 is 2.59 bits per heavy atom. The number of hydrogen-bond acceptors (Lipinski definition) is 3. The molecule has 0 aliphatic carbocycles. The minimum atomic E-state index is -1.61. The van der Waals surface area contributed by atoms with Crippen LogP contribution in [0.1, 0.15) is 16.8 Å². The summed E-state index contributed by atoms with van der Waals surface area (Å²) in [5.74, 6) is -3.38. The van der Waals surface area contributed by atoms with Crippen molar-refractivity contribution in [3.63, 3.8) is 0 Å². The molecule has 0 aliphatic rings. The van der Waals surface area contributed by atoms with Crippen molar-refractivity contribution in [3.8, 4) is 0 Å². The van der Waals surface area contributed by atoms with Crippen LogP contribution in [0.4, 0.5) is 8.78 Å². The van der Waals surface area contributed by atoms with Gasteiger partial charge in [0.25, 0.3) is 5.91 Å². The van der Waals surface area contributed by atoms with Gasteiger partial charge < -0.3 is 15.7 Å². The zero-order chi connectivity index (χ0) is 16.7. The van der Waals surface area contributed by atoms with E-state index in [1.807, 2.05) is 5.32 Å². The second-order valence-electron chi connectivity index (χ2n) is 4.24. The number of amides is 2. The Morgan fingerprint density at radius 2 is 2.00 bits per heavy atom. The van der Waals surface area contributed by atoms with Crippen LogP contribution in [-0.2, 0) is 9.59 Å². The van der Waals surface area contributed by atoms with Gasteiger partial charge in [-0.2, -0.15) is 0 Å². The van der Waals surface area contributed by atoms with Gasteiger partial charge in [0.2, 0.25) is 5.91 Å². The van der Waals surface area contributed by atoms with Crippen LogP contribution in [0.15, 0.2) is 22.7 Å². The van der Waals surface area contributed by atoms with Gasteiger partial charge in [-0.15, -0.1) is 0 Å². The number of carboxylic acid groups (broad SMARTS) is 1. The van der Waals surface area contributed by atoms with E-state index < -0.39 is 36.3 Å². The van der Waals surface area contributed by atoms with Crippen LogP contribution in [0.3, 0.4) is 0 Å². The lowest BCUT2D eigenvalue weighted by Crippen LogP contribution is -2.43. The monoisotopic (exact) mass is 378 g/mol. The first-order valence-corrected chi connectivity index (χ1v) is 6.95. The van der Waals surface area contributed by atoms with Gasteiger partial charge >= 0.3 is 5.97 Å². The smallest absolute Gasteiger partial charge is 0.328 e. The summed E-state index contributed by atoms with van der Waals surface area (Å²) in [4.78, 5) is 33.7. The Morgan fingerprint density at radius 1 is 1.32 bits per heavy atom. The number of aliphatic carboxylic acids is 1. The number of halogens is 3. The second-order valence-corrected chi connectivity index (χ2v) is 5.10. The predicted molar refractivity (Wildman–Crippen MR) is 76.6 cm³/mol. The predicted octanol–water partition coefficient (Wildman–Crippen LogP) is 1.25. The maximum Gasteiger partial charge on any atom is 0.328 e. The highest BCUT2D eigenvalue weighted by Gasteiger charge is 2.19. The third-order valence-electron chi connectivity index (χ3n) is 2.60. The summed E-state index contributed by atoms with van der Waals surface area (Å²) < 4.78 is 25.8. The molecule has 120 valence electrons. The lowest BCUT2D eigenvalue weighted by molar-refractivity contribution is -0.142. The highest BCUT2D eigenvalue weighted by atomic mass is 79.9. The van der Waals surface area contributed by atoms with Crippen molar-refractivity contribution in [1.29, 1.82) is 0 Å². The van der Waals surface area contributed by atoms with E-state index in [1.165, 1.54) is 12.1 Å². The van der Waals surface area contributed by atoms with E-state index in [9.17, 15) is 23.2 Å². The second kappa shape index (κ2) is 8.42. The molecular formula is C13H13BrF2N2O4. The summed E-state index contributed by atoms with van der Waals surface area (Å²) in [7, 11) is 0. The van der Waals surface area contributed by atoms with Crippen molar-refractivity contribution in [2.45, 2.75) is 12.5 Å². The molecule has 2 amide bonds. The van der Waals surface area contributed by atoms with E-state index >= 15 is 0 Å². The summed E-state index contributed by atoms with van der Waals surface area (Å²) >= 11 is 3.10. The van der Waals surface area contributed by atoms with E-state index in [0.29, 0.717) is 4.47 Å². The van der Waals surface area contributed by atoms with Gasteiger partial charge in [-0.25, -0.2) is 13.6 Å². The highest BCUT2D eigenvalue weighted by molar-refractivity contribution is 9.10. The number of rotatable bonds is 7. The van der Waals surface area contributed by atoms with Crippen LogP contribution in [0.25, 0.3) is 0 Å². The van der Waals surface area contributed by atoms with Gasteiger partial charge in [0.1, 0.15) is 12.5 Å². The molecule has 1 aromatic carbocycles. The lowest BCUT2D eigenvalue weighted by atomic mass is 10.2. The fourth-order valence-corrected chi connectivity index (χ4v) is 1.92. The number of hydrogen-bond donors (Lipinski definition) is 3.